The molecule has 0 spiro atoms. The highest BCUT2D eigenvalue weighted by molar-refractivity contribution is 9.10. The topological polar surface area (TPSA) is 39.2 Å². The van der Waals surface area contributed by atoms with E-state index in [1.165, 1.54) is 25.7 Å². The van der Waals surface area contributed by atoms with Crippen LogP contribution in [0.15, 0.2) is 21.2 Å². The summed E-state index contributed by atoms with van der Waals surface area (Å²) in [4.78, 5) is 0. The molecule has 0 bridgehead atoms. The Labute approximate surface area is 99.3 Å². The second-order valence-corrected chi connectivity index (χ2v) is 5.32. The summed E-state index contributed by atoms with van der Waals surface area (Å²) < 4.78 is 6.35. The van der Waals surface area contributed by atoms with Gasteiger partial charge in [0.15, 0.2) is 4.67 Å². The van der Waals surface area contributed by atoms with Gasteiger partial charge in [0.05, 0.1) is 6.04 Å². The molecule has 84 valence electrons. The van der Waals surface area contributed by atoms with Crippen LogP contribution in [0.25, 0.3) is 0 Å². The Bertz CT molecular complexity index is 328. The molecule has 2 rings (SSSR count). The van der Waals surface area contributed by atoms with Crippen molar-refractivity contribution >= 4 is 15.9 Å². The highest BCUT2D eigenvalue weighted by Crippen LogP contribution is 2.49. The summed E-state index contributed by atoms with van der Waals surface area (Å²) in [5.41, 5.74) is 6.62. The van der Waals surface area contributed by atoms with Crippen molar-refractivity contribution in [2.45, 2.75) is 45.1 Å². The van der Waals surface area contributed by atoms with Crippen LogP contribution in [-0.4, -0.2) is 0 Å². The van der Waals surface area contributed by atoms with E-state index in [9.17, 15) is 0 Å². The van der Waals surface area contributed by atoms with E-state index in [2.05, 4.69) is 22.9 Å². The van der Waals surface area contributed by atoms with Gasteiger partial charge in [-0.15, -0.1) is 0 Å². The average Bonchev–Trinajstić information content (AvgIpc) is 2.86. The van der Waals surface area contributed by atoms with E-state index >= 15 is 0 Å². The Morgan fingerprint density at radius 1 is 1.47 bits per heavy atom. The molecule has 1 unspecified atom stereocenters. The second kappa shape index (κ2) is 4.30. The number of halogens is 1. The van der Waals surface area contributed by atoms with Crippen molar-refractivity contribution < 1.29 is 4.42 Å². The van der Waals surface area contributed by atoms with Crippen LogP contribution in [0.3, 0.4) is 0 Å². The fourth-order valence-electron chi connectivity index (χ4n) is 2.76. The van der Waals surface area contributed by atoms with Crippen LogP contribution in [-0.2, 0) is 0 Å². The van der Waals surface area contributed by atoms with Crippen LogP contribution in [0, 0.1) is 5.41 Å². The van der Waals surface area contributed by atoms with E-state index in [1.807, 2.05) is 12.1 Å². The van der Waals surface area contributed by atoms with Crippen LogP contribution < -0.4 is 5.73 Å². The first kappa shape index (κ1) is 11.2. The Morgan fingerprint density at radius 3 is 2.60 bits per heavy atom. The minimum absolute atomic E-state index is 0.0521. The molecule has 0 aliphatic heterocycles. The first-order valence-corrected chi connectivity index (χ1v) is 6.48. The molecule has 1 atom stereocenters. The van der Waals surface area contributed by atoms with E-state index in [1.54, 1.807) is 0 Å². The number of rotatable bonds is 3. The molecular formula is C12H18BrNO. The van der Waals surface area contributed by atoms with Crippen molar-refractivity contribution in [3.05, 3.63) is 22.6 Å². The Hall–Kier alpha value is -0.280. The molecule has 1 fully saturated rings. The fraction of sp³-hybridized carbons (Fsp3) is 0.667. The first-order valence-electron chi connectivity index (χ1n) is 5.69. The molecule has 1 aliphatic rings. The molecule has 2 N–H and O–H groups in total. The summed E-state index contributed by atoms with van der Waals surface area (Å²) in [7, 11) is 0. The largest absolute Gasteiger partial charge is 0.453 e. The maximum Gasteiger partial charge on any atom is 0.169 e. The van der Waals surface area contributed by atoms with E-state index in [0.717, 1.165) is 16.9 Å². The summed E-state index contributed by atoms with van der Waals surface area (Å²) in [6.07, 6.45) is 6.24. The van der Waals surface area contributed by atoms with E-state index in [4.69, 9.17) is 10.2 Å². The van der Waals surface area contributed by atoms with Gasteiger partial charge in [0, 0.05) is 0 Å². The standard InChI is InChI=1S/C12H18BrNO/c1-2-12(7-3-4-8-12)11(14)9-5-6-10(13)15-9/h5-6,11H,2-4,7-8,14H2,1H3. The molecule has 1 aromatic rings. The maximum atomic E-state index is 6.34. The van der Waals surface area contributed by atoms with E-state index < -0.39 is 0 Å². The summed E-state index contributed by atoms with van der Waals surface area (Å²) >= 11 is 3.33. The lowest BCUT2D eigenvalue weighted by atomic mass is 9.76. The molecule has 0 aromatic carbocycles. The molecular weight excluding hydrogens is 254 g/mol. The Kier molecular flexibility index (Phi) is 3.21. The maximum absolute atomic E-state index is 6.34. The molecule has 0 radical (unpaired) electrons. The second-order valence-electron chi connectivity index (χ2n) is 4.54. The van der Waals surface area contributed by atoms with Crippen LogP contribution in [0.1, 0.15) is 50.8 Å². The number of hydrogen-bond donors (Lipinski definition) is 1. The van der Waals surface area contributed by atoms with Gasteiger partial charge in [0.25, 0.3) is 0 Å². The molecule has 1 saturated carbocycles. The molecule has 0 amide bonds. The van der Waals surface area contributed by atoms with Crippen LogP contribution in [0.4, 0.5) is 0 Å². The smallest absolute Gasteiger partial charge is 0.169 e. The van der Waals surface area contributed by atoms with Crippen molar-refractivity contribution in [1.29, 1.82) is 0 Å². The van der Waals surface area contributed by atoms with E-state index in [0.29, 0.717) is 0 Å². The lowest BCUT2D eigenvalue weighted by molar-refractivity contribution is 0.198. The van der Waals surface area contributed by atoms with E-state index in [-0.39, 0.29) is 11.5 Å². The summed E-state index contributed by atoms with van der Waals surface area (Å²) in [5.74, 6) is 0.922. The lowest BCUT2D eigenvalue weighted by Crippen LogP contribution is -2.31. The molecule has 0 saturated heterocycles. The normalized spacial score (nSPS) is 21.8. The molecule has 1 aromatic heterocycles. The minimum atomic E-state index is 0.0521. The third-order valence-electron chi connectivity index (χ3n) is 3.86. The average molecular weight is 272 g/mol. The van der Waals surface area contributed by atoms with Gasteiger partial charge in [-0.2, -0.15) is 0 Å². The van der Waals surface area contributed by atoms with Gasteiger partial charge >= 0.3 is 0 Å². The van der Waals surface area contributed by atoms with Crippen LogP contribution >= 0.6 is 15.9 Å². The van der Waals surface area contributed by atoms with Crippen molar-refractivity contribution in [2.24, 2.45) is 11.1 Å². The van der Waals surface area contributed by atoms with Gasteiger partial charge in [0.1, 0.15) is 5.76 Å². The summed E-state index contributed by atoms with van der Waals surface area (Å²) in [5, 5.41) is 0. The van der Waals surface area contributed by atoms with Crippen molar-refractivity contribution in [3.63, 3.8) is 0 Å². The minimum Gasteiger partial charge on any atom is -0.453 e. The lowest BCUT2D eigenvalue weighted by Gasteiger charge is -2.32. The van der Waals surface area contributed by atoms with Gasteiger partial charge in [0.2, 0.25) is 0 Å². The summed E-state index contributed by atoms with van der Waals surface area (Å²) in [6, 6.07) is 3.97. The van der Waals surface area contributed by atoms with Crippen LogP contribution in [0.5, 0.6) is 0 Å². The predicted octanol–water partition coefficient (Wildman–Crippen LogP) is 4.01. The Morgan fingerprint density at radius 2 is 2.13 bits per heavy atom. The fourth-order valence-corrected chi connectivity index (χ4v) is 3.08. The van der Waals surface area contributed by atoms with Crippen molar-refractivity contribution in [2.75, 3.05) is 0 Å². The molecule has 1 aliphatic carbocycles. The van der Waals surface area contributed by atoms with Gasteiger partial charge in [-0.1, -0.05) is 19.8 Å². The van der Waals surface area contributed by atoms with Crippen molar-refractivity contribution in [1.82, 2.24) is 0 Å². The molecule has 2 nitrogen and oxygen atoms in total. The van der Waals surface area contributed by atoms with Gasteiger partial charge in [-0.05, 0) is 52.7 Å². The predicted molar refractivity (Wildman–Crippen MR) is 64.5 cm³/mol. The van der Waals surface area contributed by atoms with Gasteiger partial charge in [-0.3, -0.25) is 0 Å². The zero-order valence-electron chi connectivity index (χ0n) is 9.13. The Balaban J connectivity index is 2.21. The SMILES string of the molecule is CCC1(C(N)c2ccc(Br)o2)CCCC1. The summed E-state index contributed by atoms with van der Waals surface area (Å²) in [6.45, 7) is 2.24. The molecule has 3 heteroatoms. The third kappa shape index (κ3) is 2.00. The molecule has 15 heavy (non-hydrogen) atoms. The highest BCUT2D eigenvalue weighted by atomic mass is 79.9. The quantitative estimate of drug-likeness (QED) is 0.902. The van der Waals surface area contributed by atoms with Crippen molar-refractivity contribution in [3.8, 4) is 0 Å². The third-order valence-corrected chi connectivity index (χ3v) is 4.29. The number of nitrogens with two attached hydrogens (primary N) is 1. The molecule has 1 heterocycles. The monoisotopic (exact) mass is 271 g/mol. The number of hydrogen-bond acceptors (Lipinski definition) is 2. The van der Waals surface area contributed by atoms with Gasteiger partial charge < -0.3 is 10.2 Å². The number of furan rings is 1. The highest BCUT2D eigenvalue weighted by Gasteiger charge is 2.39. The zero-order chi connectivity index (χ0) is 10.9. The van der Waals surface area contributed by atoms with Gasteiger partial charge in [-0.25, -0.2) is 0 Å². The zero-order valence-corrected chi connectivity index (χ0v) is 10.7. The van der Waals surface area contributed by atoms with Crippen LogP contribution in [0.2, 0.25) is 0 Å². The first-order chi connectivity index (χ1) is 7.18.